The van der Waals surface area contributed by atoms with Crippen molar-refractivity contribution >= 4 is 29.1 Å². The van der Waals surface area contributed by atoms with Gasteiger partial charge in [-0.05, 0) is 36.8 Å². The molecule has 118 valence electrons. The lowest BCUT2D eigenvalue weighted by atomic mass is 9.77. The summed E-state index contributed by atoms with van der Waals surface area (Å²) in [5.74, 6) is -1.32. The lowest BCUT2D eigenvalue weighted by Gasteiger charge is -2.25. The molecule has 0 unspecified atom stereocenters. The molecule has 0 spiro atoms. The Hall–Kier alpha value is -2.40. The van der Waals surface area contributed by atoms with Crippen LogP contribution in [0.3, 0.4) is 0 Å². The molecule has 6 heteroatoms. The quantitative estimate of drug-likeness (QED) is 0.939. The van der Waals surface area contributed by atoms with Crippen LogP contribution in [0.4, 0.5) is 10.1 Å². The van der Waals surface area contributed by atoms with Crippen molar-refractivity contribution in [2.24, 2.45) is 5.73 Å². The Labute approximate surface area is 137 Å². The van der Waals surface area contributed by atoms with Crippen LogP contribution in [0.2, 0.25) is 5.02 Å². The zero-order valence-electron chi connectivity index (χ0n) is 12.3. The van der Waals surface area contributed by atoms with Crippen LogP contribution in [0.25, 0.3) is 0 Å². The van der Waals surface area contributed by atoms with E-state index in [1.165, 1.54) is 17.0 Å². The SMILES string of the molecule is C[C@]1(c2ccc(F)cc2)C(=O)N(CC(N)=O)c2cccc(Cl)c21. The van der Waals surface area contributed by atoms with E-state index in [-0.39, 0.29) is 12.5 Å². The first-order valence-corrected chi connectivity index (χ1v) is 7.39. The van der Waals surface area contributed by atoms with Gasteiger partial charge in [0, 0.05) is 10.6 Å². The minimum atomic E-state index is -1.10. The van der Waals surface area contributed by atoms with Crippen molar-refractivity contribution in [2.75, 3.05) is 11.4 Å². The average Bonchev–Trinajstić information content (AvgIpc) is 2.71. The Bertz CT molecular complexity index is 807. The number of nitrogens with zero attached hydrogens (tertiary/aromatic N) is 1. The summed E-state index contributed by atoms with van der Waals surface area (Å²) in [7, 11) is 0. The zero-order chi connectivity index (χ0) is 16.8. The van der Waals surface area contributed by atoms with Crippen LogP contribution < -0.4 is 10.6 Å². The fourth-order valence-electron chi connectivity index (χ4n) is 3.08. The fourth-order valence-corrected chi connectivity index (χ4v) is 3.44. The molecule has 2 aromatic rings. The molecule has 1 heterocycles. The van der Waals surface area contributed by atoms with E-state index in [0.29, 0.717) is 21.8 Å². The minimum Gasteiger partial charge on any atom is -0.368 e. The molecule has 0 saturated carbocycles. The molecule has 0 aliphatic carbocycles. The predicted molar refractivity (Wildman–Crippen MR) is 85.9 cm³/mol. The Kier molecular flexibility index (Phi) is 3.60. The highest BCUT2D eigenvalue weighted by Crippen LogP contribution is 2.48. The summed E-state index contributed by atoms with van der Waals surface area (Å²) in [4.78, 5) is 25.7. The second kappa shape index (κ2) is 5.35. The molecular weight excluding hydrogens is 319 g/mol. The van der Waals surface area contributed by atoms with Crippen molar-refractivity contribution in [1.82, 2.24) is 0 Å². The molecule has 3 rings (SSSR count). The Morgan fingerprint density at radius 2 is 1.91 bits per heavy atom. The molecule has 23 heavy (non-hydrogen) atoms. The largest absolute Gasteiger partial charge is 0.368 e. The highest BCUT2D eigenvalue weighted by atomic mass is 35.5. The van der Waals surface area contributed by atoms with Gasteiger partial charge in [-0.1, -0.05) is 29.8 Å². The van der Waals surface area contributed by atoms with Gasteiger partial charge in [-0.25, -0.2) is 4.39 Å². The predicted octanol–water partition coefficient (Wildman–Crippen LogP) is 2.62. The van der Waals surface area contributed by atoms with Gasteiger partial charge in [0.25, 0.3) is 0 Å². The van der Waals surface area contributed by atoms with Gasteiger partial charge >= 0.3 is 0 Å². The first kappa shape index (κ1) is 15.5. The number of carbonyl (C=O) groups is 2. The summed E-state index contributed by atoms with van der Waals surface area (Å²) in [6, 6.07) is 10.8. The normalized spacial score (nSPS) is 19.8. The molecule has 1 atom stereocenters. The third-order valence-electron chi connectivity index (χ3n) is 4.19. The van der Waals surface area contributed by atoms with E-state index in [4.69, 9.17) is 17.3 Å². The van der Waals surface area contributed by atoms with E-state index >= 15 is 0 Å². The first-order valence-electron chi connectivity index (χ1n) is 7.01. The monoisotopic (exact) mass is 332 g/mol. The lowest BCUT2D eigenvalue weighted by molar-refractivity contribution is -0.124. The maximum atomic E-state index is 13.2. The van der Waals surface area contributed by atoms with Crippen molar-refractivity contribution < 1.29 is 14.0 Å². The highest BCUT2D eigenvalue weighted by molar-refractivity contribution is 6.33. The summed E-state index contributed by atoms with van der Waals surface area (Å²) in [5.41, 5.74) is 5.91. The molecule has 2 aromatic carbocycles. The summed E-state index contributed by atoms with van der Waals surface area (Å²) < 4.78 is 13.2. The summed E-state index contributed by atoms with van der Waals surface area (Å²) in [6.07, 6.45) is 0. The fraction of sp³-hybridized carbons (Fsp3) is 0.176. The molecule has 1 aliphatic rings. The number of halogens is 2. The summed E-state index contributed by atoms with van der Waals surface area (Å²) in [6.45, 7) is 1.48. The zero-order valence-corrected chi connectivity index (χ0v) is 13.1. The van der Waals surface area contributed by atoms with Gasteiger partial charge in [-0.2, -0.15) is 0 Å². The smallest absolute Gasteiger partial charge is 0.242 e. The number of hydrogen-bond acceptors (Lipinski definition) is 2. The third-order valence-corrected chi connectivity index (χ3v) is 4.51. The molecule has 2 amide bonds. The molecule has 4 nitrogen and oxygen atoms in total. The Balaban J connectivity index is 2.24. The van der Waals surface area contributed by atoms with Crippen molar-refractivity contribution in [3.05, 3.63) is 64.4 Å². The maximum absolute atomic E-state index is 13.2. The number of benzene rings is 2. The van der Waals surface area contributed by atoms with Gasteiger partial charge in [0.15, 0.2) is 0 Å². The van der Waals surface area contributed by atoms with Crippen LogP contribution in [-0.4, -0.2) is 18.4 Å². The number of primary amides is 1. The first-order chi connectivity index (χ1) is 10.9. The molecule has 0 fully saturated rings. The van der Waals surface area contributed by atoms with Crippen LogP contribution in [0.15, 0.2) is 42.5 Å². The van der Waals surface area contributed by atoms with Gasteiger partial charge in [-0.15, -0.1) is 0 Å². The Morgan fingerprint density at radius 1 is 1.26 bits per heavy atom. The van der Waals surface area contributed by atoms with E-state index in [9.17, 15) is 14.0 Å². The van der Waals surface area contributed by atoms with Crippen molar-refractivity contribution in [3.63, 3.8) is 0 Å². The van der Waals surface area contributed by atoms with E-state index in [2.05, 4.69) is 0 Å². The molecule has 2 N–H and O–H groups in total. The van der Waals surface area contributed by atoms with Gasteiger partial charge in [-0.3, -0.25) is 9.59 Å². The van der Waals surface area contributed by atoms with Crippen molar-refractivity contribution in [3.8, 4) is 0 Å². The van der Waals surface area contributed by atoms with Gasteiger partial charge < -0.3 is 10.6 Å². The lowest BCUT2D eigenvalue weighted by Crippen LogP contribution is -2.43. The molecule has 0 saturated heterocycles. The summed E-state index contributed by atoms with van der Waals surface area (Å²) >= 11 is 6.33. The van der Waals surface area contributed by atoms with Crippen LogP contribution in [0, 0.1) is 5.82 Å². The molecule has 0 aromatic heterocycles. The van der Waals surface area contributed by atoms with Crippen molar-refractivity contribution in [1.29, 1.82) is 0 Å². The van der Waals surface area contributed by atoms with Gasteiger partial charge in [0.05, 0.1) is 5.69 Å². The van der Waals surface area contributed by atoms with Crippen molar-refractivity contribution in [2.45, 2.75) is 12.3 Å². The number of rotatable bonds is 3. The second-order valence-electron chi connectivity index (χ2n) is 5.62. The van der Waals surface area contributed by atoms with Gasteiger partial charge in [0.2, 0.25) is 11.8 Å². The van der Waals surface area contributed by atoms with E-state index in [0.717, 1.165) is 0 Å². The van der Waals surface area contributed by atoms with Crippen LogP contribution >= 0.6 is 11.6 Å². The minimum absolute atomic E-state index is 0.233. The van der Waals surface area contributed by atoms with Crippen LogP contribution in [-0.2, 0) is 15.0 Å². The number of anilines is 1. The average molecular weight is 333 g/mol. The molecular formula is C17H14ClFN2O2. The van der Waals surface area contributed by atoms with E-state index < -0.39 is 17.1 Å². The third kappa shape index (κ3) is 2.28. The number of fused-ring (bicyclic) bond motifs is 1. The molecule has 1 aliphatic heterocycles. The number of amides is 2. The number of carbonyl (C=O) groups excluding carboxylic acids is 2. The topological polar surface area (TPSA) is 63.4 Å². The second-order valence-corrected chi connectivity index (χ2v) is 6.03. The van der Waals surface area contributed by atoms with Gasteiger partial charge in [0.1, 0.15) is 17.8 Å². The van der Waals surface area contributed by atoms with Crippen LogP contribution in [0.5, 0.6) is 0 Å². The van der Waals surface area contributed by atoms with E-state index in [1.807, 2.05) is 0 Å². The Morgan fingerprint density at radius 3 is 2.52 bits per heavy atom. The molecule has 0 radical (unpaired) electrons. The van der Waals surface area contributed by atoms with Crippen LogP contribution in [0.1, 0.15) is 18.1 Å². The summed E-state index contributed by atoms with van der Waals surface area (Å²) in [5, 5.41) is 0.412. The van der Waals surface area contributed by atoms with E-state index in [1.54, 1.807) is 37.3 Å². The number of nitrogens with two attached hydrogens (primary N) is 1. The molecule has 0 bridgehead atoms. The maximum Gasteiger partial charge on any atom is 0.242 e. The number of hydrogen-bond donors (Lipinski definition) is 1. The standard InChI is InChI=1S/C17H14ClFN2O2/c1-17(10-5-7-11(19)8-6-10)15-12(18)3-2-4-13(15)21(16(17)23)9-14(20)22/h2-8H,9H2,1H3,(H2,20,22)/t17-/m1/s1. The highest BCUT2D eigenvalue weighted by Gasteiger charge is 2.50.